The number of fused-ring (bicyclic) bond motifs is 1. The zero-order chi connectivity index (χ0) is 32.6. The Morgan fingerprint density at radius 3 is 2.63 bits per heavy atom. The average molecular weight is 651 g/mol. The van der Waals surface area contributed by atoms with Crippen LogP contribution < -0.4 is 10.6 Å². The van der Waals surface area contributed by atoms with Crippen molar-refractivity contribution in [3.05, 3.63) is 47.2 Å². The number of alkyl halides is 5. The van der Waals surface area contributed by atoms with Gasteiger partial charge in [0.2, 0.25) is 11.8 Å². The van der Waals surface area contributed by atoms with Gasteiger partial charge in [0.1, 0.15) is 5.69 Å². The van der Waals surface area contributed by atoms with Gasteiger partial charge in [-0.3, -0.25) is 19.2 Å². The van der Waals surface area contributed by atoms with Crippen LogP contribution >= 0.6 is 0 Å². The van der Waals surface area contributed by atoms with Crippen molar-refractivity contribution in [2.75, 3.05) is 19.6 Å². The fourth-order valence-electron chi connectivity index (χ4n) is 7.04. The van der Waals surface area contributed by atoms with Crippen LogP contribution in [0.2, 0.25) is 0 Å². The van der Waals surface area contributed by atoms with E-state index >= 15 is 0 Å². The summed E-state index contributed by atoms with van der Waals surface area (Å²) in [6.45, 7) is 4.15. The third-order valence-electron chi connectivity index (χ3n) is 9.68. The van der Waals surface area contributed by atoms with Gasteiger partial charge in [-0.1, -0.05) is 0 Å². The highest BCUT2D eigenvalue weighted by molar-refractivity contribution is 5.92. The van der Waals surface area contributed by atoms with E-state index in [-0.39, 0.29) is 44.4 Å². The molecule has 3 aromatic rings. The van der Waals surface area contributed by atoms with Crippen molar-refractivity contribution in [3.8, 4) is 0 Å². The molecule has 0 bridgehead atoms. The molecule has 2 saturated heterocycles. The fraction of sp³-hybridized carbons (Fsp3) is 0.645. The first-order valence-electron chi connectivity index (χ1n) is 16.1. The smallest absolute Gasteiger partial charge is 0.355 e. The number of likely N-dealkylation sites (tertiary alicyclic amines) is 1. The lowest BCUT2D eigenvalue weighted by atomic mass is 9.81. The number of nitrogens with zero attached hydrogens (tertiary/aromatic N) is 6. The normalized spacial score (nSPS) is 23.5. The molecule has 250 valence electrons. The first-order chi connectivity index (χ1) is 21.9. The molecule has 10 nitrogen and oxygen atoms in total. The molecule has 2 aliphatic heterocycles. The number of hydrogen-bond acceptors (Lipinski definition) is 6. The average Bonchev–Trinajstić information content (AvgIpc) is 3.78. The van der Waals surface area contributed by atoms with Crippen molar-refractivity contribution in [3.63, 3.8) is 0 Å². The topological polar surface area (TPSA) is 109 Å². The van der Waals surface area contributed by atoms with Crippen LogP contribution in [0, 0.1) is 17.8 Å². The minimum Gasteiger partial charge on any atom is -0.355 e. The molecule has 1 aliphatic carbocycles. The van der Waals surface area contributed by atoms with Gasteiger partial charge in [-0.2, -0.15) is 23.4 Å². The Morgan fingerprint density at radius 1 is 1.20 bits per heavy atom. The second kappa shape index (κ2) is 12.9. The molecule has 2 amide bonds. The lowest BCUT2D eigenvalue weighted by Gasteiger charge is -2.33. The number of carbonyl (C=O) groups excluding carboxylic acids is 2. The highest BCUT2D eigenvalue weighted by atomic mass is 19.4. The van der Waals surface area contributed by atoms with Crippen LogP contribution in [0.25, 0.3) is 5.65 Å². The Morgan fingerprint density at radius 2 is 1.93 bits per heavy atom. The SMILES string of the molecule is CCn1nccc1C(=O)N[C@H](c1cn2nc(C[C@H]3C[C@@H](C(F)(F)F)CNC3=O)c(CN3CCCC3)cc2n1)C1CCC(F)(F)CC1. The summed E-state index contributed by atoms with van der Waals surface area (Å²) in [7, 11) is 0. The Balaban J connectivity index is 1.34. The predicted molar refractivity (Wildman–Crippen MR) is 157 cm³/mol. The number of nitrogens with one attached hydrogen (secondary N) is 2. The van der Waals surface area contributed by atoms with Crippen LogP contribution in [0.3, 0.4) is 0 Å². The maximum absolute atomic E-state index is 14.1. The van der Waals surface area contributed by atoms with Gasteiger partial charge in [0.05, 0.1) is 29.5 Å². The van der Waals surface area contributed by atoms with E-state index in [0.29, 0.717) is 35.8 Å². The minimum absolute atomic E-state index is 0.0317. The number of imidazole rings is 1. The van der Waals surface area contributed by atoms with E-state index in [1.165, 1.54) is 10.7 Å². The molecule has 15 heteroatoms. The second-order valence-corrected chi connectivity index (χ2v) is 12.9. The monoisotopic (exact) mass is 650 g/mol. The molecule has 1 saturated carbocycles. The van der Waals surface area contributed by atoms with Crippen LogP contribution in [-0.4, -0.2) is 72.8 Å². The number of aromatic nitrogens is 5. The summed E-state index contributed by atoms with van der Waals surface area (Å²) in [5.41, 5.74) is 2.55. The number of carbonyl (C=O) groups is 2. The lowest BCUT2D eigenvalue weighted by Crippen LogP contribution is -2.47. The molecule has 3 aromatic heterocycles. The number of hydrogen-bond donors (Lipinski definition) is 2. The lowest BCUT2D eigenvalue weighted by molar-refractivity contribution is -0.183. The van der Waals surface area contributed by atoms with E-state index in [1.807, 2.05) is 13.0 Å². The Labute approximate surface area is 263 Å². The van der Waals surface area contributed by atoms with Crippen molar-refractivity contribution in [2.45, 2.75) is 89.5 Å². The Kier molecular flexibility index (Phi) is 9.05. The summed E-state index contributed by atoms with van der Waals surface area (Å²) in [6.07, 6.45) is 0.326. The molecule has 0 aromatic carbocycles. The van der Waals surface area contributed by atoms with Crippen molar-refractivity contribution >= 4 is 17.5 Å². The van der Waals surface area contributed by atoms with Gasteiger partial charge >= 0.3 is 6.18 Å². The third-order valence-corrected chi connectivity index (χ3v) is 9.68. The molecular weight excluding hydrogens is 611 g/mol. The van der Waals surface area contributed by atoms with E-state index in [0.717, 1.165) is 31.5 Å². The molecule has 5 heterocycles. The van der Waals surface area contributed by atoms with Gasteiger partial charge in [0.15, 0.2) is 5.65 Å². The van der Waals surface area contributed by atoms with Gasteiger partial charge in [-0.15, -0.1) is 0 Å². The standard InChI is InChI=1S/C31H39F5N8O2/c1-2-43-25(7-10-38-43)29(46)40-27(19-5-8-30(32,33)9-6-19)24-18-44-26(39-24)15-21(17-42-11-3-4-12-42)23(41-44)14-20-13-22(31(34,35)36)16-37-28(20)45/h7,10,15,18-20,22,27H,2-6,8-9,11-14,16-17H2,1H3,(H,37,45)(H,40,46)/t20-,22-,27+/m1/s1. The van der Waals surface area contributed by atoms with E-state index < -0.39 is 48.3 Å². The van der Waals surface area contributed by atoms with E-state index in [2.05, 4.69) is 20.6 Å². The highest BCUT2D eigenvalue weighted by Gasteiger charge is 2.45. The second-order valence-electron chi connectivity index (χ2n) is 12.9. The van der Waals surface area contributed by atoms with Crippen molar-refractivity contribution in [1.29, 1.82) is 0 Å². The largest absolute Gasteiger partial charge is 0.393 e. The maximum Gasteiger partial charge on any atom is 0.393 e. The molecule has 2 N–H and O–H groups in total. The predicted octanol–water partition coefficient (Wildman–Crippen LogP) is 4.70. The zero-order valence-electron chi connectivity index (χ0n) is 25.7. The summed E-state index contributed by atoms with van der Waals surface area (Å²) in [6, 6.07) is 2.75. The Hall–Kier alpha value is -3.62. The van der Waals surface area contributed by atoms with Gasteiger partial charge < -0.3 is 10.6 Å². The van der Waals surface area contributed by atoms with Crippen LogP contribution in [0.4, 0.5) is 22.0 Å². The summed E-state index contributed by atoms with van der Waals surface area (Å²) in [5, 5.41) is 14.4. The molecule has 3 aliphatic rings. The first-order valence-corrected chi connectivity index (χ1v) is 16.1. The number of rotatable bonds is 9. The van der Waals surface area contributed by atoms with Crippen LogP contribution in [-0.2, 0) is 24.3 Å². The number of aryl methyl sites for hydroxylation is 1. The number of amides is 2. The first kappa shape index (κ1) is 32.3. The van der Waals surface area contributed by atoms with Crippen molar-refractivity contribution < 1.29 is 31.5 Å². The van der Waals surface area contributed by atoms with Crippen LogP contribution in [0.1, 0.15) is 85.4 Å². The van der Waals surface area contributed by atoms with Crippen LogP contribution in [0.15, 0.2) is 24.5 Å². The Bertz CT molecular complexity index is 1550. The van der Waals surface area contributed by atoms with Crippen molar-refractivity contribution in [2.24, 2.45) is 17.8 Å². The number of halogens is 5. The molecule has 3 fully saturated rings. The molecular formula is C31H39F5N8O2. The summed E-state index contributed by atoms with van der Waals surface area (Å²) in [5.74, 6) is -6.42. The van der Waals surface area contributed by atoms with Crippen molar-refractivity contribution in [1.82, 2.24) is 39.9 Å². The molecule has 46 heavy (non-hydrogen) atoms. The maximum atomic E-state index is 14.1. The summed E-state index contributed by atoms with van der Waals surface area (Å²) in [4.78, 5) is 33.2. The molecule has 0 radical (unpaired) electrons. The highest BCUT2D eigenvalue weighted by Crippen LogP contribution is 2.41. The zero-order valence-corrected chi connectivity index (χ0v) is 25.7. The van der Waals surface area contributed by atoms with Gasteiger partial charge in [0, 0.05) is 51.0 Å². The fourth-order valence-corrected chi connectivity index (χ4v) is 7.04. The molecule has 0 unspecified atom stereocenters. The third kappa shape index (κ3) is 7.03. The van der Waals surface area contributed by atoms with E-state index in [1.54, 1.807) is 16.9 Å². The minimum atomic E-state index is -4.42. The quantitative estimate of drug-likeness (QED) is 0.326. The van der Waals surface area contributed by atoms with Gasteiger partial charge in [0.25, 0.3) is 5.91 Å². The molecule has 0 spiro atoms. The molecule has 6 rings (SSSR count). The van der Waals surface area contributed by atoms with Crippen LogP contribution in [0.5, 0.6) is 0 Å². The van der Waals surface area contributed by atoms with Gasteiger partial charge in [-0.05, 0) is 75.7 Å². The summed E-state index contributed by atoms with van der Waals surface area (Å²) < 4.78 is 72.1. The van der Waals surface area contributed by atoms with Gasteiger partial charge in [-0.25, -0.2) is 18.3 Å². The van der Waals surface area contributed by atoms with E-state index in [9.17, 15) is 31.5 Å². The van der Waals surface area contributed by atoms with E-state index in [4.69, 9.17) is 10.1 Å². The summed E-state index contributed by atoms with van der Waals surface area (Å²) >= 11 is 0. The molecule has 3 atom stereocenters. The number of piperidine rings is 1.